The Morgan fingerprint density at radius 1 is 0.892 bits per heavy atom. The molecule has 0 fully saturated rings. The maximum atomic E-state index is 12.8. The Labute approximate surface area is 221 Å². The van der Waals surface area contributed by atoms with Crippen molar-refractivity contribution in [3.05, 3.63) is 51.9 Å². The molecule has 37 heavy (non-hydrogen) atoms. The summed E-state index contributed by atoms with van der Waals surface area (Å²) < 4.78 is 22.7. The minimum atomic E-state index is -0.766. The lowest BCUT2D eigenvalue weighted by Gasteiger charge is -2.14. The molecule has 0 aliphatic carbocycles. The van der Waals surface area contributed by atoms with Crippen molar-refractivity contribution in [2.75, 3.05) is 13.2 Å². The molecule has 0 spiro atoms. The number of ether oxygens (including phenoxy) is 3. The summed E-state index contributed by atoms with van der Waals surface area (Å²) in [6, 6.07) is 5.34. The molecule has 6 nitrogen and oxygen atoms in total. The lowest BCUT2D eigenvalue weighted by molar-refractivity contribution is -0.132. The molecule has 0 saturated carbocycles. The number of carbonyl (C=O) groups is 1. The third-order valence-corrected chi connectivity index (χ3v) is 6.06. The molecular formula is C31H44O6. The first-order valence-electron chi connectivity index (χ1n) is 13.7. The van der Waals surface area contributed by atoms with Crippen molar-refractivity contribution >= 4 is 16.9 Å². The fraction of sp³-hybridized carbons (Fsp3) is 0.548. The molecule has 1 aromatic heterocycles. The summed E-state index contributed by atoms with van der Waals surface area (Å²) in [7, 11) is 0. The number of benzene rings is 1. The molecule has 0 N–H and O–H groups in total. The number of fused-ring (bicyclic) bond motifs is 1. The molecule has 1 aromatic carbocycles. The zero-order valence-electron chi connectivity index (χ0n) is 23.3. The number of rotatable bonds is 17. The highest BCUT2D eigenvalue weighted by molar-refractivity contribution is 5.90. The quantitative estimate of drug-likeness (QED) is 0.0918. The van der Waals surface area contributed by atoms with Gasteiger partial charge in [0.1, 0.15) is 6.61 Å². The van der Waals surface area contributed by atoms with Gasteiger partial charge < -0.3 is 18.6 Å². The van der Waals surface area contributed by atoms with Gasteiger partial charge in [0.25, 0.3) is 5.75 Å². The van der Waals surface area contributed by atoms with Gasteiger partial charge in [-0.3, -0.25) is 4.79 Å². The number of hydrogen-bond donors (Lipinski definition) is 0. The van der Waals surface area contributed by atoms with Gasteiger partial charge in [0.2, 0.25) is 0 Å². The van der Waals surface area contributed by atoms with Crippen LogP contribution < -0.4 is 19.8 Å². The Morgan fingerprint density at radius 2 is 1.59 bits per heavy atom. The maximum absolute atomic E-state index is 12.8. The summed E-state index contributed by atoms with van der Waals surface area (Å²) in [4.78, 5) is 24.4. The number of hydrogen-bond acceptors (Lipinski definition) is 6. The molecule has 0 aliphatic rings. The van der Waals surface area contributed by atoms with Crippen LogP contribution >= 0.6 is 0 Å². The van der Waals surface area contributed by atoms with Gasteiger partial charge in [-0.2, -0.15) is 0 Å². The normalized spacial score (nSPS) is 11.4. The molecule has 1 heterocycles. The van der Waals surface area contributed by atoms with E-state index < -0.39 is 11.6 Å². The molecule has 0 bridgehead atoms. The maximum Gasteiger partial charge on any atom is 0.383 e. The van der Waals surface area contributed by atoms with Crippen LogP contribution in [0, 0.1) is 0 Å². The second kappa shape index (κ2) is 16.7. The minimum Gasteiger partial charge on any atom is -0.489 e. The summed E-state index contributed by atoms with van der Waals surface area (Å²) >= 11 is 0. The van der Waals surface area contributed by atoms with Crippen LogP contribution in [0.25, 0.3) is 11.0 Å². The summed E-state index contributed by atoms with van der Waals surface area (Å²) in [5, 5.41) is 0.539. The SMILES string of the molecule is CCCCCCCCCCOc1c(OC(C)=O)c(=O)oc2c(OC/C=C(\C)CCC=C(C)C)cccc12. The molecule has 2 aromatic rings. The first kappa shape index (κ1) is 30.2. The van der Waals surface area contributed by atoms with Gasteiger partial charge in [-0.25, -0.2) is 4.79 Å². The molecule has 0 unspecified atom stereocenters. The summed E-state index contributed by atoms with van der Waals surface area (Å²) in [6.45, 7) is 10.5. The number of allylic oxidation sites excluding steroid dienone is 3. The molecule has 204 valence electrons. The number of para-hydroxylation sites is 1. The highest BCUT2D eigenvalue weighted by Crippen LogP contribution is 2.37. The van der Waals surface area contributed by atoms with Crippen LogP contribution in [-0.2, 0) is 4.79 Å². The Bertz CT molecular complexity index is 1100. The van der Waals surface area contributed by atoms with Crippen molar-refractivity contribution in [3.8, 4) is 17.2 Å². The molecule has 0 saturated heterocycles. The van der Waals surface area contributed by atoms with Gasteiger partial charge in [0.15, 0.2) is 17.1 Å². The van der Waals surface area contributed by atoms with Crippen molar-refractivity contribution < 1.29 is 23.4 Å². The van der Waals surface area contributed by atoms with Crippen LogP contribution in [-0.4, -0.2) is 19.2 Å². The molecule has 0 radical (unpaired) electrons. The zero-order chi connectivity index (χ0) is 27.0. The van der Waals surface area contributed by atoms with E-state index in [0.29, 0.717) is 24.3 Å². The van der Waals surface area contributed by atoms with Crippen LogP contribution in [0.15, 0.2) is 50.7 Å². The minimum absolute atomic E-state index is 0.216. The van der Waals surface area contributed by atoms with Crippen molar-refractivity contribution in [2.24, 2.45) is 0 Å². The van der Waals surface area contributed by atoms with Crippen LogP contribution in [0.5, 0.6) is 17.2 Å². The van der Waals surface area contributed by atoms with Crippen LogP contribution in [0.2, 0.25) is 0 Å². The standard InChI is InChI=1S/C31H44O6/c1-6-7-8-9-10-11-12-13-21-35-29-26-18-15-19-27(28(26)37-31(33)30(29)36-25(5)32)34-22-20-24(4)17-14-16-23(2)3/h15-16,18-20H,6-14,17,21-22H2,1-5H3/b24-20+. The Balaban J connectivity index is 2.13. The highest BCUT2D eigenvalue weighted by Gasteiger charge is 2.21. The van der Waals surface area contributed by atoms with E-state index in [9.17, 15) is 9.59 Å². The topological polar surface area (TPSA) is 75.0 Å². The van der Waals surface area contributed by atoms with Crippen molar-refractivity contribution in [3.63, 3.8) is 0 Å². The summed E-state index contributed by atoms with van der Waals surface area (Å²) in [6.07, 6.45) is 15.6. The van der Waals surface area contributed by atoms with Gasteiger partial charge in [0, 0.05) is 6.92 Å². The largest absolute Gasteiger partial charge is 0.489 e. The Hall–Kier alpha value is -3.02. The first-order valence-corrected chi connectivity index (χ1v) is 13.7. The van der Waals surface area contributed by atoms with Gasteiger partial charge in [-0.05, 0) is 58.2 Å². The fourth-order valence-corrected chi connectivity index (χ4v) is 4.02. The van der Waals surface area contributed by atoms with Crippen LogP contribution in [0.4, 0.5) is 0 Å². The van der Waals surface area contributed by atoms with E-state index in [0.717, 1.165) is 32.1 Å². The van der Waals surface area contributed by atoms with Crippen molar-refractivity contribution in [1.82, 2.24) is 0 Å². The van der Waals surface area contributed by atoms with E-state index in [1.165, 1.54) is 50.2 Å². The van der Waals surface area contributed by atoms with Gasteiger partial charge in [-0.15, -0.1) is 0 Å². The van der Waals surface area contributed by atoms with Gasteiger partial charge in [0.05, 0.1) is 12.0 Å². The average Bonchev–Trinajstić information content (AvgIpc) is 2.84. The monoisotopic (exact) mass is 512 g/mol. The molecule has 0 aliphatic heterocycles. The number of unbranched alkanes of at least 4 members (excludes halogenated alkanes) is 7. The molecule has 2 rings (SSSR count). The lowest BCUT2D eigenvalue weighted by Crippen LogP contribution is -2.14. The van der Waals surface area contributed by atoms with Crippen LogP contribution in [0.1, 0.15) is 98.8 Å². The Morgan fingerprint density at radius 3 is 2.27 bits per heavy atom. The van der Waals surface area contributed by atoms with E-state index in [2.05, 4.69) is 33.8 Å². The molecular weight excluding hydrogens is 468 g/mol. The second-order valence-corrected chi connectivity index (χ2v) is 9.78. The lowest BCUT2D eigenvalue weighted by atomic mass is 10.1. The second-order valence-electron chi connectivity index (χ2n) is 9.78. The third-order valence-electron chi connectivity index (χ3n) is 6.06. The highest BCUT2D eigenvalue weighted by atomic mass is 16.6. The fourth-order valence-electron chi connectivity index (χ4n) is 4.02. The van der Waals surface area contributed by atoms with Crippen LogP contribution in [0.3, 0.4) is 0 Å². The van der Waals surface area contributed by atoms with E-state index >= 15 is 0 Å². The molecule has 0 amide bonds. The van der Waals surface area contributed by atoms with Gasteiger partial charge >= 0.3 is 11.6 Å². The molecule has 6 heteroatoms. The molecule has 0 atom stereocenters. The van der Waals surface area contributed by atoms with Crippen molar-refractivity contribution in [1.29, 1.82) is 0 Å². The van der Waals surface area contributed by atoms with E-state index in [1.54, 1.807) is 12.1 Å². The zero-order valence-corrected chi connectivity index (χ0v) is 23.3. The predicted molar refractivity (Wildman–Crippen MR) is 150 cm³/mol. The average molecular weight is 513 g/mol. The first-order chi connectivity index (χ1) is 17.8. The van der Waals surface area contributed by atoms with Crippen molar-refractivity contribution in [2.45, 2.75) is 98.8 Å². The summed E-state index contributed by atoms with van der Waals surface area (Å²) in [5.74, 6) is -0.158. The smallest absolute Gasteiger partial charge is 0.383 e. The number of esters is 1. The number of carbonyl (C=O) groups excluding carboxylic acids is 1. The Kier molecular flexibility index (Phi) is 13.6. The van der Waals surface area contributed by atoms with E-state index in [1.807, 2.05) is 12.1 Å². The summed E-state index contributed by atoms with van der Waals surface area (Å²) in [5.41, 5.74) is 2.05. The van der Waals surface area contributed by atoms with Gasteiger partial charge in [-0.1, -0.05) is 75.2 Å². The van der Waals surface area contributed by atoms with E-state index in [-0.39, 0.29) is 17.1 Å². The van der Waals surface area contributed by atoms with E-state index in [4.69, 9.17) is 18.6 Å². The third kappa shape index (κ3) is 10.9. The predicted octanol–water partition coefficient (Wildman–Crippen LogP) is 8.31.